The average Bonchev–Trinajstić information content (AvgIpc) is 2.86. The molecule has 0 aromatic heterocycles. The molecule has 1 fully saturated rings. The fourth-order valence-corrected chi connectivity index (χ4v) is 4.60. The summed E-state index contributed by atoms with van der Waals surface area (Å²) >= 11 is 0. The fourth-order valence-electron chi connectivity index (χ4n) is 4.60. The summed E-state index contributed by atoms with van der Waals surface area (Å²) < 4.78 is 5.38. The number of hydrogen-bond donors (Lipinski definition) is 1. The van der Waals surface area contributed by atoms with E-state index in [4.69, 9.17) is 11.2 Å². The lowest BCUT2D eigenvalue weighted by Crippen LogP contribution is -2.44. The molecule has 1 saturated heterocycles. The minimum atomic E-state index is -1.01. The Morgan fingerprint density at radius 2 is 2.16 bits per heavy atom. The molecule has 1 aliphatic carbocycles. The number of rotatable bonds is 5. The first-order valence-corrected chi connectivity index (χ1v) is 8.97. The van der Waals surface area contributed by atoms with Gasteiger partial charge >= 0.3 is 5.97 Å². The van der Waals surface area contributed by atoms with Gasteiger partial charge in [0.05, 0.1) is 19.1 Å². The van der Waals surface area contributed by atoms with Crippen molar-refractivity contribution in [2.45, 2.75) is 45.4 Å². The molecule has 3 rings (SSSR count). The molecule has 2 atom stereocenters. The highest BCUT2D eigenvalue weighted by Gasteiger charge is 2.63. The van der Waals surface area contributed by atoms with Crippen LogP contribution in [0.4, 0.5) is 0 Å². The lowest BCUT2D eigenvalue weighted by Gasteiger charge is -2.39. The number of allylic oxidation sites excluding steroid dienone is 1. The van der Waals surface area contributed by atoms with Gasteiger partial charge in [-0.1, -0.05) is 5.92 Å². The predicted octanol–water partition coefficient (Wildman–Crippen LogP) is 1.37. The van der Waals surface area contributed by atoms with Gasteiger partial charge in [0.25, 0.3) is 0 Å². The minimum Gasteiger partial charge on any atom is -0.465 e. The van der Waals surface area contributed by atoms with Crippen molar-refractivity contribution in [3.63, 3.8) is 0 Å². The Bertz CT molecular complexity index is 671. The zero-order valence-electron chi connectivity index (χ0n) is 14.6. The second kappa shape index (κ2) is 6.91. The van der Waals surface area contributed by atoms with Crippen molar-refractivity contribution in [1.82, 2.24) is 10.2 Å². The Labute approximate surface area is 148 Å². The predicted molar refractivity (Wildman–Crippen MR) is 90.8 cm³/mol. The van der Waals surface area contributed by atoms with E-state index in [2.05, 4.69) is 11.2 Å². The summed E-state index contributed by atoms with van der Waals surface area (Å²) in [4.78, 5) is 40.0. The molecular weight excluding hydrogens is 320 g/mol. The van der Waals surface area contributed by atoms with Gasteiger partial charge in [-0.2, -0.15) is 0 Å². The highest BCUT2D eigenvalue weighted by Crippen LogP contribution is 2.57. The normalized spacial score (nSPS) is 27.6. The van der Waals surface area contributed by atoms with Gasteiger partial charge in [0.15, 0.2) is 0 Å². The van der Waals surface area contributed by atoms with Crippen molar-refractivity contribution in [1.29, 1.82) is 0 Å². The van der Waals surface area contributed by atoms with Crippen molar-refractivity contribution >= 4 is 17.8 Å². The van der Waals surface area contributed by atoms with Crippen molar-refractivity contribution in [3.8, 4) is 12.3 Å². The summed E-state index contributed by atoms with van der Waals surface area (Å²) in [5.41, 5.74) is 1.02. The molecule has 0 saturated carbocycles. The van der Waals surface area contributed by atoms with Crippen molar-refractivity contribution in [3.05, 3.63) is 11.3 Å². The smallest absolute Gasteiger partial charge is 0.318 e. The molecule has 0 radical (unpaired) electrons. The molecule has 3 aliphatic rings. The fraction of sp³-hybridized carbons (Fsp3) is 0.632. The number of carbonyl (C=O) groups is 3. The largest absolute Gasteiger partial charge is 0.465 e. The topological polar surface area (TPSA) is 75.7 Å². The maximum Gasteiger partial charge on any atom is 0.318 e. The third kappa shape index (κ3) is 2.72. The van der Waals surface area contributed by atoms with Crippen LogP contribution in [-0.4, -0.2) is 42.4 Å². The third-order valence-corrected chi connectivity index (χ3v) is 5.51. The molecule has 25 heavy (non-hydrogen) atoms. The van der Waals surface area contributed by atoms with Crippen LogP contribution in [0.5, 0.6) is 0 Å². The highest BCUT2D eigenvalue weighted by molar-refractivity contribution is 5.99. The number of carbonyl (C=O) groups excluding carboxylic acids is 3. The lowest BCUT2D eigenvalue weighted by atomic mass is 9.65. The number of nitrogens with one attached hydrogen (secondary N) is 1. The quantitative estimate of drug-likeness (QED) is 0.604. The van der Waals surface area contributed by atoms with Crippen LogP contribution in [0, 0.1) is 23.7 Å². The summed E-state index contributed by atoms with van der Waals surface area (Å²) in [5.74, 6) is 0.860. The molecule has 0 aromatic rings. The second-order valence-corrected chi connectivity index (χ2v) is 6.83. The van der Waals surface area contributed by atoms with E-state index in [9.17, 15) is 14.4 Å². The van der Waals surface area contributed by atoms with Crippen LogP contribution in [0.25, 0.3) is 0 Å². The number of hydrogen-bond acceptors (Lipinski definition) is 4. The van der Waals surface area contributed by atoms with Gasteiger partial charge in [0, 0.05) is 18.7 Å². The van der Waals surface area contributed by atoms with Crippen LogP contribution < -0.4 is 5.32 Å². The van der Waals surface area contributed by atoms with E-state index in [0.29, 0.717) is 13.0 Å². The van der Waals surface area contributed by atoms with E-state index in [0.717, 1.165) is 31.4 Å². The summed E-state index contributed by atoms with van der Waals surface area (Å²) in [6.45, 7) is 2.75. The molecular formula is C19H24N2O4. The van der Waals surface area contributed by atoms with Crippen LogP contribution in [-0.2, 0) is 19.1 Å². The zero-order chi connectivity index (χ0) is 18.0. The average molecular weight is 344 g/mol. The Morgan fingerprint density at radius 1 is 1.40 bits per heavy atom. The van der Waals surface area contributed by atoms with Crippen molar-refractivity contribution in [2.75, 3.05) is 19.7 Å². The van der Waals surface area contributed by atoms with E-state index in [1.54, 1.807) is 11.8 Å². The van der Waals surface area contributed by atoms with Crippen LogP contribution in [0.3, 0.4) is 0 Å². The number of esters is 1. The molecule has 6 heteroatoms. The van der Waals surface area contributed by atoms with E-state index >= 15 is 0 Å². The molecule has 134 valence electrons. The number of ether oxygens (including phenoxy) is 1. The van der Waals surface area contributed by atoms with Crippen LogP contribution in [0.2, 0.25) is 0 Å². The first-order valence-electron chi connectivity index (χ1n) is 8.97. The summed E-state index contributed by atoms with van der Waals surface area (Å²) in [7, 11) is 0. The van der Waals surface area contributed by atoms with Gasteiger partial charge in [-0.15, -0.1) is 6.42 Å². The second-order valence-electron chi connectivity index (χ2n) is 6.83. The van der Waals surface area contributed by atoms with Crippen LogP contribution >= 0.6 is 0 Å². The van der Waals surface area contributed by atoms with Gasteiger partial charge in [-0.25, -0.2) is 0 Å². The van der Waals surface area contributed by atoms with Gasteiger partial charge in [0.1, 0.15) is 5.41 Å². The van der Waals surface area contributed by atoms with E-state index < -0.39 is 11.3 Å². The van der Waals surface area contributed by atoms with Crippen molar-refractivity contribution < 1.29 is 19.1 Å². The van der Waals surface area contributed by atoms with E-state index in [1.807, 2.05) is 0 Å². The number of amides is 2. The van der Waals surface area contributed by atoms with Gasteiger partial charge < -0.3 is 15.0 Å². The molecule has 2 heterocycles. The number of terminal acetylenes is 1. The van der Waals surface area contributed by atoms with E-state index in [-0.39, 0.29) is 37.4 Å². The SMILES string of the molecule is C#CCNC(=O)C[C@@H]1C(=O)N2CCCC3=C2[C@@]1(C(=O)OCC)CCC3. The Hall–Kier alpha value is -2.29. The van der Waals surface area contributed by atoms with Crippen molar-refractivity contribution in [2.24, 2.45) is 11.3 Å². The Kier molecular flexibility index (Phi) is 4.85. The molecule has 0 aromatic carbocycles. The molecule has 2 amide bonds. The molecule has 0 unspecified atom stereocenters. The maximum absolute atomic E-state index is 13.1. The standard InChI is InChI=1S/C19H24N2O4/c1-3-10-20-15(22)12-14-17(23)21-11-6-8-13-7-5-9-19(14,16(13)21)18(24)25-4-2/h1,14H,4-12H2,2H3,(H,20,22)/t14-,19-/m1/s1. The number of nitrogens with zero attached hydrogens (tertiary/aromatic N) is 1. The van der Waals surface area contributed by atoms with E-state index in [1.165, 1.54) is 5.57 Å². The molecule has 6 nitrogen and oxygen atoms in total. The summed E-state index contributed by atoms with van der Waals surface area (Å²) in [6.07, 6.45) is 9.26. The van der Waals surface area contributed by atoms with Gasteiger partial charge in [-0.3, -0.25) is 14.4 Å². The zero-order valence-corrected chi connectivity index (χ0v) is 14.6. The van der Waals surface area contributed by atoms with Gasteiger partial charge in [0.2, 0.25) is 11.8 Å². The van der Waals surface area contributed by atoms with Crippen LogP contribution in [0.15, 0.2) is 11.3 Å². The maximum atomic E-state index is 13.1. The Morgan fingerprint density at radius 3 is 2.88 bits per heavy atom. The first-order chi connectivity index (χ1) is 12.1. The van der Waals surface area contributed by atoms with Crippen LogP contribution in [0.1, 0.15) is 45.4 Å². The molecule has 0 bridgehead atoms. The summed E-state index contributed by atoms with van der Waals surface area (Å²) in [6, 6.07) is 0. The minimum absolute atomic E-state index is 0.0351. The van der Waals surface area contributed by atoms with Gasteiger partial charge in [-0.05, 0) is 44.6 Å². The summed E-state index contributed by atoms with van der Waals surface area (Å²) in [5, 5.41) is 2.61. The highest BCUT2D eigenvalue weighted by atomic mass is 16.5. The third-order valence-electron chi connectivity index (χ3n) is 5.51. The molecule has 1 N–H and O–H groups in total. The Balaban J connectivity index is 2.02. The first kappa shape index (κ1) is 17.5. The molecule has 2 aliphatic heterocycles. The monoisotopic (exact) mass is 344 g/mol. The molecule has 0 spiro atoms. The lowest BCUT2D eigenvalue weighted by molar-refractivity contribution is -0.158.